The van der Waals surface area contributed by atoms with Crippen LogP contribution in [0.2, 0.25) is 0 Å². The van der Waals surface area contributed by atoms with Gasteiger partial charge in [0.05, 0.1) is 0 Å². The SMILES string of the molecule is CC/C=C\C/C=C\C/C=C\C/C=C\C/C=C\C/C=C\C/C=C\CCCCCCCC(=O)OCC(COC(=O)CCCCCCCCCCCCCCCCC)OC(=O)CCCCCCCCCCCCCCCCCC. The molecule has 0 aromatic carbocycles. The number of carbonyl (C=O) groups is 3. The minimum absolute atomic E-state index is 0.0780. The number of rotatable bonds is 59. The molecule has 438 valence electrons. The molecule has 0 bridgehead atoms. The van der Waals surface area contributed by atoms with E-state index >= 15 is 0 Å². The molecule has 0 heterocycles. The number of carbonyl (C=O) groups excluding carboxylic acids is 3. The maximum absolute atomic E-state index is 12.9. The van der Waals surface area contributed by atoms with Crippen molar-refractivity contribution in [2.24, 2.45) is 0 Å². The molecule has 0 aromatic heterocycles. The van der Waals surface area contributed by atoms with Crippen LogP contribution in [0, 0.1) is 0 Å². The van der Waals surface area contributed by atoms with E-state index in [2.05, 4.69) is 106 Å². The fourth-order valence-corrected chi connectivity index (χ4v) is 9.31. The Kier molecular flexibility index (Phi) is 61.2. The molecule has 0 saturated carbocycles. The molecule has 0 N–H and O–H groups in total. The third kappa shape index (κ3) is 61.4. The van der Waals surface area contributed by atoms with Crippen LogP contribution >= 0.6 is 0 Å². The third-order valence-electron chi connectivity index (χ3n) is 14.2. The first-order chi connectivity index (χ1) is 37.5. The predicted octanol–water partition coefficient (Wildman–Crippen LogP) is 22.3. The highest BCUT2D eigenvalue weighted by molar-refractivity contribution is 5.71. The zero-order chi connectivity index (χ0) is 55.0. The molecule has 1 atom stereocenters. The molecule has 6 nitrogen and oxygen atoms in total. The van der Waals surface area contributed by atoms with E-state index in [9.17, 15) is 14.4 Å². The van der Waals surface area contributed by atoms with Gasteiger partial charge in [0.15, 0.2) is 6.10 Å². The van der Waals surface area contributed by atoms with E-state index in [1.165, 1.54) is 161 Å². The van der Waals surface area contributed by atoms with Gasteiger partial charge in [0.25, 0.3) is 0 Å². The summed E-state index contributed by atoms with van der Waals surface area (Å²) in [7, 11) is 0. The van der Waals surface area contributed by atoms with Crippen molar-refractivity contribution in [2.75, 3.05) is 13.2 Å². The van der Waals surface area contributed by atoms with E-state index in [-0.39, 0.29) is 31.1 Å². The minimum Gasteiger partial charge on any atom is -0.462 e. The van der Waals surface area contributed by atoms with Crippen molar-refractivity contribution in [3.63, 3.8) is 0 Å². The molecule has 1 unspecified atom stereocenters. The highest BCUT2D eigenvalue weighted by Gasteiger charge is 2.19. The zero-order valence-corrected chi connectivity index (χ0v) is 50.3. The predicted molar refractivity (Wildman–Crippen MR) is 330 cm³/mol. The van der Waals surface area contributed by atoms with Gasteiger partial charge in [-0.15, -0.1) is 0 Å². The highest BCUT2D eigenvalue weighted by atomic mass is 16.6. The number of unbranched alkanes of at least 4 members (excludes halogenated alkanes) is 34. The Labute approximate surface area is 471 Å². The summed E-state index contributed by atoms with van der Waals surface area (Å²) in [5.41, 5.74) is 0. The molecule has 0 amide bonds. The largest absolute Gasteiger partial charge is 0.462 e. The summed E-state index contributed by atoms with van der Waals surface area (Å²) < 4.78 is 16.9. The van der Waals surface area contributed by atoms with Crippen molar-refractivity contribution in [1.82, 2.24) is 0 Å². The fraction of sp³-hybridized carbons (Fsp3) is 0.757. The average molecular weight is 1060 g/mol. The second-order valence-corrected chi connectivity index (χ2v) is 21.7. The van der Waals surface area contributed by atoms with Gasteiger partial charge in [-0.05, 0) is 77.0 Å². The van der Waals surface area contributed by atoms with E-state index in [1.54, 1.807) is 0 Å². The first kappa shape index (κ1) is 72.6. The molecule has 0 fully saturated rings. The lowest BCUT2D eigenvalue weighted by Gasteiger charge is -2.18. The van der Waals surface area contributed by atoms with Crippen LogP contribution < -0.4 is 0 Å². The van der Waals surface area contributed by atoms with Gasteiger partial charge >= 0.3 is 17.9 Å². The van der Waals surface area contributed by atoms with Gasteiger partial charge in [0.1, 0.15) is 13.2 Å². The maximum Gasteiger partial charge on any atom is 0.306 e. The van der Waals surface area contributed by atoms with Gasteiger partial charge in [0, 0.05) is 19.3 Å². The maximum atomic E-state index is 12.9. The molecule has 0 radical (unpaired) electrons. The van der Waals surface area contributed by atoms with Crippen LogP contribution in [0.15, 0.2) is 85.1 Å². The van der Waals surface area contributed by atoms with Gasteiger partial charge in [-0.25, -0.2) is 0 Å². The molecule has 0 aromatic rings. The Hall–Kier alpha value is -3.41. The molecule has 0 aliphatic heterocycles. The van der Waals surface area contributed by atoms with Crippen molar-refractivity contribution >= 4 is 17.9 Å². The topological polar surface area (TPSA) is 78.9 Å². The lowest BCUT2D eigenvalue weighted by Crippen LogP contribution is -2.30. The van der Waals surface area contributed by atoms with Gasteiger partial charge in [-0.2, -0.15) is 0 Å². The smallest absolute Gasteiger partial charge is 0.306 e. The Morgan fingerprint density at radius 1 is 0.276 bits per heavy atom. The standard InChI is InChI=1S/C70H122O6/c1-4-7-10-13-16-19-22-25-28-30-31-32-33-34-35-36-37-38-39-40-43-45-48-51-54-57-60-63-69(72)75-66-67(65-74-68(71)62-59-56-53-50-47-44-41-27-24-21-18-15-12-9-6-3)76-70(73)64-61-58-55-52-49-46-42-29-26-23-20-17-14-11-8-5-2/h7,10,16,19,25,28,31-32,34-35,37-38,40,43,67H,4-6,8-9,11-15,17-18,20-24,26-27,29-30,33,36,39,41-42,44-66H2,1-3H3/b10-7-,19-16-,28-25-,32-31-,35-34-,38-37-,43-40-. The molecule has 0 aliphatic carbocycles. The van der Waals surface area contributed by atoms with Crippen molar-refractivity contribution in [3.8, 4) is 0 Å². The second kappa shape index (κ2) is 64.1. The monoisotopic (exact) mass is 1060 g/mol. The quantitative estimate of drug-likeness (QED) is 0.0261. The zero-order valence-electron chi connectivity index (χ0n) is 50.3. The molecular weight excluding hydrogens is 937 g/mol. The van der Waals surface area contributed by atoms with Gasteiger partial charge < -0.3 is 14.2 Å². The van der Waals surface area contributed by atoms with Crippen molar-refractivity contribution in [2.45, 2.75) is 329 Å². The Balaban J connectivity index is 4.35. The van der Waals surface area contributed by atoms with Crippen molar-refractivity contribution in [1.29, 1.82) is 0 Å². The van der Waals surface area contributed by atoms with Crippen molar-refractivity contribution in [3.05, 3.63) is 85.1 Å². The molecule has 0 spiro atoms. The summed E-state index contributed by atoms with van der Waals surface area (Å²) in [5.74, 6) is -0.881. The first-order valence-electron chi connectivity index (χ1n) is 32.6. The summed E-state index contributed by atoms with van der Waals surface area (Å²) >= 11 is 0. The Bertz CT molecular complexity index is 1450. The van der Waals surface area contributed by atoms with E-state index < -0.39 is 6.10 Å². The van der Waals surface area contributed by atoms with Gasteiger partial charge in [-0.1, -0.05) is 311 Å². The molecule has 76 heavy (non-hydrogen) atoms. The van der Waals surface area contributed by atoms with Crippen LogP contribution in [0.3, 0.4) is 0 Å². The van der Waals surface area contributed by atoms with Gasteiger partial charge in [-0.3, -0.25) is 14.4 Å². The lowest BCUT2D eigenvalue weighted by atomic mass is 10.0. The van der Waals surface area contributed by atoms with E-state index in [0.717, 1.165) is 122 Å². The summed E-state index contributed by atoms with van der Waals surface area (Å²) in [6.45, 7) is 6.55. The number of esters is 3. The molecule has 0 aliphatic rings. The molecule has 0 rings (SSSR count). The number of allylic oxidation sites excluding steroid dienone is 14. The van der Waals surface area contributed by atoms with Gasteiger partial charge in [0.2, 0.25) is 0 Å². The van der Waals surface area contributed by atoms with Crippen LogP contribution in [0.5, 0.6) is 0 Å². The van der Waals surface area contributed by atoms with E-state index in [0.29, 0.717) is 19.3 Å². The van der Waals surface area contributed by atoms with Crippen molar-refractivity contribution < 1.29 is 28.6 Å². The molecule has 0 saturated heterocycles. The first-order valence-corrected chi connectivity index (χ1v) is 32.6. The van der Waals surface area contributed by atoms with Crippen LogP contribution in [0.4, 0.5) is 0 Å². The van der Waals surface area contributed by atoms with Crippen LogP contribution in [0.1, 0.15) is 323 Å². The van der Waals surface area contributed by atoms with E-state index in [1.807, 2.05) is 0 Å². The second-order valence-electron chi connectivity index (χ2n) is 21.7. The fourth-order valence-electron chi connectivity index (χ4n) is 9.31. The summed E-state index contributed by atoms with van der Waals surface area (Å²) in [6, 6.07) is 0. The number of hydrogen-bond acceptors (Lipinski definition) is 6. The average Bonchev–Trinajstić information content (AvgIpc) is 3.42. The normalized spacial score (nSPS) is 12.6. The third-order valence-corrected chi connectivity index (χ3v) is 14.2. The number of hydrogen-bond donors (Lipinski definition) is 0. The Morgan fingerprint density at radius 2 is 0.513 bits per heavy atom. The molecule has 6 heteroatoms. The van der Waals surface area contributed by atoms with Crippen LogP contribution in [-0.4, -0.2) is 37.2 Å². The highest BCUT2D eigenvalue weighted by Crippen LogP contribution is 2.17. The minimum atomic E-state index is -0.782. The van der Waals surface area contributed by atoms with Crippen LogP contribution in [0.25, 0.3) is 0 Å². The summed E-state index contributed by atoms with van der Waals surface area (Å²) in [6.07, 6.45) is 84.4. The lowest BCUT2D eigenvalue weighted by molar-refractivity contribution is -0.167. The Morgan fingerprint density at radius 3 is 0.803 bits per heavy atom. The molecular formula is C70H122O6. The van der Waals surface area contributed by atoms with Crippen LogP contribution in [-0.2, 0) is 28.6 Å². The summed E-state index contributed by atoms with van der Waals surface area (Å²) in [4.78, 5) is 38.3. The number of ether oxygens (including phenoxy) is 3. The van der Waals surface area contributed by atoms with E-state index in [4.69, 9.17) is 14.2 Å². The summed E-state index contributed by atoms with van der Waals surface area (Å²) in [5, 5.41) is 0.